The minimum atomic E-state index is -0.137. The lowest BCUT2D eigenvalue weighted by Gasteiger charge is -2.22. The highest BCUT2D eigenvalue weighted by atomic mass is 16.3. The number of carbonyl (C=O) groups excluding carboxylic acids is 2. The molecule has 0 aromatic heterocycles. The molecular formula is C17H14O3. The Hall–Kier alpha value is -2.26. The Kier molecular flexibility index (Phi) is 2.80. The summed E-state index contributed by atoms with van der Waals surface area (Å²) in [7, 11) is 0. The number of aliphatic hydroxyl groups is 1. The van der Waals surface area contributed by atoms with Gasteiger partial charge in [-0.2, -0.15) is 0 Å². The maximum absolute atomic E-state index is 12.6. The molecule has 3 rings (SSSR count). The van der Waals surface area contributed by atoms with Gasteiger partial charge < -0.3 is 5.11 Å². The van der Waals surface area contributed by atoms with Crippen molar-refractivity contribution in [2.75, 3.05) is 0 Å². The van der Waals surface area contributed by atoms with E-state index in [1.807, 2.05) is 6.92 Å². The maximum Gasteiger partial charge on any atom is 0.194 e. The minimum absolute atomic E-state index is 0.120. The Morgan fingerprint density at radius 2 is 1.55 bits per heavy atom. The van der Waals surface area contributed by atoms with E-state index in [2.05, 4.69) is 0 Å². The lowest BCUT2D eigenvalue weighted by molar-refractivity contribution is 0.0978. The zero-order chi connectivity index (χ0) is 14.4. The summed E-state index contributed by atoms with van der Waals surface area (Å²) in [6, 6.07) is 8.59. The molecule has 20 heavy (non-hydrogen) atoms. The molecular weight excluding hydrogens is 252 g/mol. The summed E-state index contributed by atoms with van der Waals surface area (Å²) in [4.78, 5) is 25.2. The topological polar surface area (TPSA) is 54.4 Å². The minimum Gasteiger partial charge on any atom is -0.392 e. The van der Waals surface area contributed by atoms with Gasteiger partial charge in [0.05, 0.1) is 6.61 Å². The number of ketones is 2. The van der Waals surface area contributed by atoms with Crippen LogP contribution >= 0.6 is 0 Å². The molecule has 100 valence electrons. The maximum atomic E-state index is 12.6. The van der Waals surface area contributed by atoms with Gasteiger partial charge in [0, 0.05) is 22.3 Å². The van der Waals surface area contributed by atoms with Gasteiger partial charge in [0.25, 0.3) is 0 Å². The molecule has 0 saturated heterocycles. The first kappa shape index (κ1) is 12.8. The second kappa shape index (κ2) is 4.39. The summed E-state index contributed by atoms with van der Waals surface area (Å²) in [5, 5.41) is 9.45. The normalized spacial score (nSPS) is 13.2. The lowest BCUT2D eigenvalue weighted by atomic mass is 9.79. The van der Waals surface area contributed by atoms with Gasteiger partial charge in [0.15, 0.2) is 11.6 Å². The fourth-order valence-corrected chi connectivity index (χ4v) is 2.90. The highest BCUT2D eigenvalue weighted by Crippen LogP contribution is 2.32. The molecule has 2 aromatic carbocycles. The van der Waals surface area contributed by atoms with E-state index >= 15 is 0 Å². The van der Waals surface area contributed by atoms with Crippen LogP contribution in [0.2, 0.25) is 0 Å². The average molecular weight is 266 g/mol. The second-order valence-corrected chi connectivity index (χ2v) is 5.08. The van der Waals surface area contributed by atoms with E-state index in [0.717, 1.165) is 11.1 Å². The number of fused-ring (bicyclic) bond motifs is 2. The number of hydrogen-bond donors (Lipinski definition) is 1. The van der Waals surface area contributed by atoms with Crippen molar-refractivity contribution in [2.45, 2.75) is 20.5 Å². The Labute approximate surface area is 116 Å². The monoisotopic (exact) mass is 266 g/mol. The van der Waals surface area contributed by atoms with Gasteiger partial charge in [0.1, 0.15) is 0 Å². The van der Waals surface area contributed by atoms with Gasteiger partial charge >= 0.3 is 0 Å². The van der Waals surface area contributed by atoms with Gasteiger partial charge in [-0.25, -0.2) is 0 Å². The van der Waals surface area contributed by atoms with Crippen LogP contribution in [0.5, 0.6) is 0 Å². The first-order valence-corrected chi connectivity index (χ1v) is 6.48. The predicted molar refractivity (Wildman–Crippen MR) is 75.1 cm³/mol. The quantitative estimate of drug-likeness (QED) is 0.736. The van der Waals surface area contributed by atoms with Crippen LogP contribution < -0.4 is 0 Å². The van der Waals surface area contributed by atoms with E-state index in [1.165, 1.54) is 0 Å². The fraction of sp³-hybridized carbons (Fsp3) is 0.176. The molecule has 0 saturated carbocycles. The molecule has 0 heterocycles. The van der Waals surface area contributed by atoms with Gasteiger partial charge in [-0.3, -0.25) is 9.59 Å². The third kappa shape index (κ3) is 1.57. The summed E-state index contributed by atoms with van der Waals surface area (Å²) < 4.78 is 0. The van der Waals surface area contributed by atoms with Crippen LogP contribution in [0, 0.1) is 13.8 Å². The van der Waals surface area contributed by atoms with E-state index in [-0.39, 0.29) is 18.2 Å². The number of rotatable bonds is 1. The molecule has 0 radical (unpaired) electrons. The third-order valence-corrected chi connectivity index (χ3v) is 3.98. The first-order chi connectivity index (χ1) is 9.56. The molecule has 0 atom stereocenters. The fourth-order valence-electron chi connectivity index (χ4n) is 2.90. The van der Waals surface area contributed by atoms with E-state index in [1.54, 1.807) is 37.3 Å². The first-order valence-electron chi connectivity index (χ1n) is 6.48. The van der Waals surface area contributed by atoms with Gasteiger partial charge in [-0.05, 0) is 36.6 Å². The largest absolute Gasteiger partial charge is 0.392 e. The van der Waals surface area contributed by atoms with Crippen molar-refractivity contribution >= 4 is 11.6 Å². The lowest BCUT2D eigenvalue weighted by Crippen LogP contribution is -2.23. The predicted octanol–water partition coefficient (Wildman–Crippen LogP) is 2.57. The van der Waals surface area contributed by atoms with Crippen LogP contribution in [0.1, 0.15) is 48.5 Å². The van der Waals surface area contributed by atoms with Gasteiger partial charge in [0.2, 0.25) is 0 Å². The zero-order valence-corrected chi connectivity index (χ0v) is 11.4. The standard InChI is InChI=1S/C17H14O3/c1-9-7-13-15(10(2)14(9)8-18)17(20)12-6-4-3-5-11(12)16(13)19/h3-7,18H,8H2,1-2H3. The van der Waals surface area contributed by atoms with Crippen LogP contribution in [0.25, 0.3) is 0 Å². The van der Waals surface area contributed by atoms with Crippen molar-refractivity contribution in [1.29, 1.82) is 0 Å². The molecule has 0 amide bonds. The smallest absolute Gasteiger partial charge is 0.194 e. The van der Waals surface area contributed by atoms with E-state index in [9.17, 15) is 14.7 Å². The molecule has 0 bridgehead atoms. The third-order valence-electron chi connectivity index (χ3n) is 3.98. The van der Waals surface area contributed by atoms with Crippen molar-refractivity contribution in [1.82, 2.24) is 0 Å². The number of aliphatic hydroxyl groups excluding tert-OH is 1. The SMILES string of the molecule is Cc1cc2c(c(C)c1CO)C(=O)c1ccccc1C2=O. The van der Waals surface area contributed by atoms with E-state index in [4.69, 9.17) is 0 Å². The van der Waals surface area contributed by atoms with E-state index in [0.29, 0.717) is 27.8 Å². The summed E-state index contributed by atoms with van der Waals surface area (Å²) in [5.74, 6) is -0.256. The Bertz CT molecular complexity index is 757. The molecule has 0 spiro atoms. The number of benzene rings is 2. The summed E-state index contributed by atoms with van der Waals surface area (Å²) in [6.07, 6.45) is 0. The van der Waals surface area contributed by atoms with Crippen LogP contribution in [-0.2, 0) is 6.61 Å². The van der Waals surface area contributed by atoms with Crippen molar-refractivity contribution in [3.05, 3.63) is 69.3 Å². The molecule has 1 aliphatic carbocycles. The van der Waals surface area contributed by atoms with Crippen LogP contribution in [0.15, 0.2) is 30.3 Å². The van der Waals surface area contributed by atoms with E-state index < -0.39 is 0 Å². The molecule has 0 aliphatic heterocycles. The van der Waals surface area contributed by atoms with Crippen LogP contribution in [-0.4, -0.2) is 16.7 Å². The highest BCUT2D eigenvalue weighted by Gasteiger charge is 2.31. The number of aryl methyl sites for hydroxylation is 1. The summed E-state index contributed by atoms with van der Waals surface area (Å²) >= 11 is 0. The highest BCUT2D eigenvalue weighted by molar-refractivity contribution is 6.29. The van der Waals surface area contributed by atoms with Gasteiger partial charge in [-0.1, -0.05) is 24.3 Å². The molecule has 0 unspecified atom stereocenters. The summed E-state index contributed by atoms with van der Waals surface area (Å²) in [5.41, 5.74) is 4.05. The van der Waals surface area contributed by atoms with Crippen LogP contribution in [0.3, 0.4) is 0 Å². The Balaban J connectivity index is 2.37. The van der Waals surface area contributed by atoms with Gasteiger partial charge in [-0.15, -0.1) is 0 Å². The number of carbonyl (C=O) groups is 2. The van der Waals surface area contributed by atoms with Crippen molar-refractivity contribution in [3.8, 4) is 0 Å². The summed E-state index contributed by atoms with van der Waals surface area (Å²) in [6.45, 7) is 3.50. The van der Waals surface area contributed by atoms with Crippen molar-refractivity contribution in [3.63, 3.8) is 0 Å². The molecule has 1 aliphatic rings. The second-order valence-electron chi connectivity index (χ2n) is 5.08. The number of hydrogen-bond acceptors (Lipinski definition) is 3. The zero-order valence-electron chi connectivity index (χ0n) is 11.4. The Morgan fingerprint density at radius 1 is 0.950 bits per heavy atom. The van der Waals surface area contributed by atoms with Crippen LogP contribution in [0.4, 0.5) is 0 Å². The van der Waals surface area contributed by atoms with Crippen molar-refractivity contribution in [2.24, 2.45) is 0 Å². The Morgan fingerprint density at radius 3 is 2.15 bits per heavy atom. The average Bonchev–Trinajstić information content (AvgIpc) is 2.45. The molecule has 3 nitrogen and oxygen atoms in total. The molecule has 0 fully saturated rings. The molecule has 3 heteroatoms. The molecule has 2 aromatic rings. The molecule has 1 N–H and O–H groups in total. The van der Waals surface area contributed by atoms with Crippen molar-refractivity contribution < 1.29 is 14.7 Å².